The quantitative estimate of drug-likeness (QED) is 0.607. The van der Waals surface area contributed by atoms with Crippen LogP contribution >= 0.6 is 0 Å². The monoisotopic (exact) mass is 346 g/mol. The normalized spacial score (nSPS) is 10.8. The summed E-state index contributed by atoms with van der Waals surface area (Å²) in [6, 6.07) is 17.3. The number of nitrogens with one attached hydrogen (secondary N) is 1. The van der Waals surface area contributed by atoms with Gasteiger partial charge in [0.1, 0.15) is 5.82 Å². The van der Waals surface area contributed by atoms with E-state index in [0.29, 0.717) is 22.8 Å². The molecule has 4 aromatic rings. The predicted octanol–water partition coefficient (Wildman–Crippen LogP) is 4.12. The lowest BCUT2D eigenvalue weighted by molar-refractivity contribution is 0.102. The molecule has 128 valence electrons. The van der Waals surface area contributed by atoms with Gasteiger partial charge in [0.2, 0.25) is 0 Å². The summed E-state index contributed by atoms with van der Waals surface area (Å²) in [4.78, 5) is 17.1. The topological polar surface area (TPSA) is 59.8 Å². The van der Waals surface area contributed by atoms with E-state index in [2.05, 4.69) is 15.4 Å². The maximum atomic E-state index is 13.0. The van der Waals surface area contributed by atoms with E-state index >= 15 is 0 Å². The number of halogens is 1. The van der Waals surface area contributed by atoms with Crippen LogP contribution in [0.4, 0.5) is 10.1 Å². The van der Waals surface area contributed by atoms with Crippen molar-refractivity contribution in [2.24, 2.45) is 0 Å². The van der Waals surface area contributed by atoms with Crippen molar-refractivity contribution in [1.29, 1.82) is 0 Å². The predicted molar refractivity (Wildman–Crippen MR) is 98.0 cm³/mol. The van der Waals surface area contributed by atoms with Crippen LogP contribution in [0.25, 0.3) is 16.7 Å². The number of pyridine rings is 1. The van der Waals surface area contributed by atoms with Gasteiger partial charge in [-0.3, -0.25) is 4.79 Å². The number of carbonyl (C=O) groups excluding carboxylic acids is 1. The van der Waals surface area contributed by atoms with Gasteiger partial charge in [0.25, 0.3) is 5.91 Å². The minimum absolute atomic E-state index is 0.304. The van der Waals surface area contributed by atoms with E-state index in [9.17, 15) is 9.18 Å². The average molecular weight is 346 g/mol. The number of aromatic nitrogens is 3. The standard InChI is InChI=1S/C20H15FN4O/c1-13-17(20(26)23-16-9-7-15(21)8-10-16)12-22-25(13)19-11-6-14-4-2-3-5-18(14)24-19/h2-12H,1H3,(H,23,26). The van der Waals surface area contributed by atoms with Crippen molar-refractivity contribution in [2.45, 2.75) is 6.92 Å². The SMILES string of the molecule is Cc1c(C(=O)Nc2ccc(F)cc2)cnn1-c1ccc2ccccc2n1. The fourth-order valence-corrected chi connectivity index (χ4v) is 2.77. The molecule has 0 spiro atoms. The number of para-hydroxylation sites is 1. The molecule has 0 aliphatic heterocycles. The number of fused-ring (bicyclic) bond motifs is 1. The Hall–Kier alpha value is -3.54. The van der Waals surface area contributed by atoms with Gasteiger partial charge in [-0.25, -0.2) is 14.1 Å². The lowest BCUT2D eigenvalue weighted by Gasteiger charge is -2.07. The van der Waals surface area contributed by atoms with E-state index in [-0.39, 0.29) is 11.7 Å². The highest BCUT2D eigenvalue weighted by atomic mass is 19.1. The number of hydrogen-bond acceptors (Lipinski definition) is 3. The van der Waals surface area contributed by atoms with Gasteiger partial charge in [0, 0.05) is 11.1 Å². The smallest absolute Gasteiger partial charge is 0.259 e. The Balaban J connectivity index is 1.64. The Kier molecular flexibility index (Phi) is 3.93. The van der Waals surface area contributed by atoms with Crippen LogP contribution in [0.5, 0.6) is 0 Å². The minimum Gasteiger partial charge on any atom is -0.322 e. The Morgan fingerprint density at radius 3 is 2.62 bits per heavy atom. The third kappa shape index (κ3) is 2.93. The molecule has 2 aromatic carbocycles. The first-order valence-electron chi connectivity index (χ1n) is 8.09. The van der Waals surface area contributed by atoms with Crippen molar-refractivity contribution in [3.05, 3.63) is 83.9 Å². The molecule has 1 amide bonds. The molecule has 0 fully saturated rings. The highest BCUT2D eigenvalue weighted by molar-refractivity contribution is 6.04. The maximum absolute atomic E-state index is 13.0. The number of rotatable bonds is 3. The van der Waals surface area contributed by atoms with Gasteiger partial charge in [0.05, 0.1) is 23.0 Å². The van der Waals surface area contributed by atoms with Gasteiger partial charge in [0.15, 0.2) is 5.82 Å². The number of nitrogens with zero attached hydrogens (tertiary/aromatic N) is 3. The van der Waals surface area contributed by atoms with E-state index in [1.165, 1.54) is 30.5 Å². The van der Waals surface area contributed by atoms with Crippen molar-refractivity contribution >= 4 is 22.5 Å². The molecule has 0 aliphatic rings. The number of benzene rings is 2. The molecular formula is C20H15FN4O. The first kappa shape index (κ1) is 16.0. The first-order valence-corrected chi connectivity index (χ1v) is 8.09. The molecule has 6 heteroatoms. The van der Waals surface area contributed by atoms with Crippen LogP contribution in [-0.2, 0) is 0 Å². The second-order valence-electron chi connectivity index (χ2n) is 5.88. The largest absolute Gasteiger partial charge is 0.322 e. The average Bonchev–Trinajstić information content (AvgIpc) is 3.05. The fourth-order valence-electron chi connectivity index (χ4n) is 2.77. The second-order valence-corrected chi connectivity index (χ2v) is 5.88. The van der Waals surface area contributed by atoms with Crippen molar-refractivity contribution in [3.8, 4) is 5.82 Å². The number of carbonyl (C=O) groups is 1. The Bertz CT molecular complexity index is 1100. The highest BCUT2D eigenvalue weighted by Gasteiger charge is 2.16. The number of amides is 1. The molecule has 0 bridgehead atoms. The third-order valence-corrected chi connectivity index (χ3v) is 4.16. The van der Waals surface area contributed by atoms with Crippen molar-refractivity contribution < 1.29 is 9.18 Å². The molecular weight excluding hydrogens is 331 g/mol. The number of anilines is 1. The first-order chi connectivity index (χ1) is 12.6. The summed E-state index contributed by atoms with van der Waals surface area (Å²) in [7, 11) is 0. The summed E-state index contributed by atoms with van der Waals surface area (Å²) in [6.07, 6.45) is 1.51. The summed E-state index contributed by atoms with van der Waals surface area (Å²) in [5, 5.41) is 8.08. The molecule has 0 unspecified atom stereocenters. The van der Waals surface area contributed by atoms with E-state index in [1.54, 1.807) is 4.68 Å². The van der Waals surface area contributed by atoms with Crippen LogP contribution in [-0.4, -0.2) is 20.7 Å². The van der Waals surface area contributed by atoms with Gasteiger partial charge >= 0.3 is 0 Å². The highest BCUT2D eigenvalue weighted by Crippen LogP contribution is 2.18. The zero-order valence-corrected chi connectivity index (χ0v) is 14.0. The van der Waals surface area contributed by atoms with Crippen molar-refractivity contribution in [1.82, 2.24) is 14.8 Å². The fraction of sp³-hybridized carbons (Fsp3) is 0.0500. The van der Waals surface area contributed by atoms with Gasteiger partial charge in [-0.1, -0.05) is 18.2 Å². The van der Waals surface area contributed by atoms with Crippen LogP contribution in [0, 0.1) is 12.7 Å². The molecule has 26 heavy (non-hydrogen) atoms. The third-order valence-electron chi connectivity index (χ3n) is 4.16. The molecule has 0 aliphatic carbocycles. The molecule has 2 heterocycles. The van der Waals surface area contributed by atoms with E-state index in [1.807, 2.05) is 43.3 Å². The van der Waals surface area contributed by atoms with E-state index < -0.39 is 0 Å². The van der Waals surface area contributed by atoms with Crippen LogP contribution in [0.15, 0.2) is 66.9 Å². The molecule has 4 rings (SSSR count). The number of hydrogen-bond donors (Lipinski definition) is 1. The summed E-state index contributed by atoms with van der Waals surface area (Å²) < 4.78 is 14.6. The van der Waals surface area contributed by atoms with E-state index in [0.717, 1.165) is 10.9 Å². The second kappa shape index (κ2) is 6.40. The minimum atomic E-state index is -0.352. The Morgan fingerprint density at radius 1 is 1.04 bits per heavy atom. The molecule has 0 saturated heterocycles. The lowest BCUT2D eigenvalue weighted by atomic mass is 10.2. The summed E-state index contributed by atoms with van der Waals surface area (Å²) in [6.45, 7) is 1.81. The maximum Gasteiger partial charge on any atom is 0.259 e. The zero-order valence-electron chi connectivity index (χ0n) is 14.0. The lowest BCUT2D eigenvalue weighted by Crippen LogP contribution is -2.13. The van der Waals surface area contributed by atoms with Gasteiger partial charge in [-0.05, 0) is 49.4 Å². The summed E-state index contributed by atoms with van der Waals surface area (Å²) in [5.41, 5.74) is 2.49. The molecule has 1 N–H and O–H groups in total. The van der Waals surface area contributed by atoms with Gasteiger partial charge in [-0.2, -0.15) is 5.10 Å². The van der Waals surface area contributed by atoms with Crippen molar-refractivity contribution in [2.75, 3.05) is 5.32 Å². The van der Waals surface area contributed by atoms with Crippen LogP contribution in [0.1, 0.15) is 16.1 Å². The van der Waals surface area contributed by atoms with Crippen LogP contribution in [0.2, 0.25) is 0 Å². The molecule has 2 aromatic heterocycles. The van der Waals surface area contributed by atoms with E-state index in [4.69, 9.17) is 0 Å². The van der Waals surface area contributed by atoms with Crippen LogP contribution < -0.4 is 5.32 Å². The Labute approximate surface area is 149 Å². The molecule has 0 atom stereocenters. The molecule has 5 nitrogen and oxygen atoms in total. The Morgan fingerprint density at radius 2 is 1.81 bits per heavy atom. The zero-order chi connectivity index (χ0) is 18.1. The molecule has 0 saturated carbocycles. The van der Waals surface area contributed by atoms with Crippen molar-refractivity contribution in [3.63, 3.8) is 0 Å². The summed E-state index contributed by atoms with van der Waals surface area (Å²) >= 11 is 0. The van der Waals surface area contributed by atoms with Gasteiger partial charge in [-0.15, -0.1) is 0 Å². The summed E-state index contributed by atoms with van der Waals surface area (Å²) in [5.74, 6) is -0.0162. The van der Waals surface area contributed by atoms with Gasteiger partial charge < -0.3 is 5.32 Å². The van der Waals surface area contributed by atoms with Crippen LogP contribution in [0.3, 0.4) is 0 Å². The molecule has 0 radical (unpaired) electrons.